The number of hydrogen-bond donors (Lipinski definition) is 1. The first kappa shape index (κ1) is 16.3. The number of pyridine rings is 1. The van der Waals surface area contributed by atoms with Crippen molar-refractivity contribution in [3.8, 4) is 0 Å². The van der Waals surface area contributed by atoms with E-state index in [2.05, 4.69) is 20.9 Å². The fraction of sp³-hybridized carbons (Fsp3) is 0.500. The van der Waals surface area contributed by atoms with Crippen LogP contribution in [0.2, 0.25) is 0 Å². The monoisotopic (exact) mass is 377 g/mol. The molecule has 1 saturated heterocycles. The molecule has 2 heterocycles. The summed E-state index contributed by atoms with van der Waals surface area (Å²) in [5.41, 5.74) is 0. The molecule has 0 bridgehead atoms. The minimum atomic E-state index is -3.54. The van der Waals surface area contributed by atoms with Crippen molar-refractivity contribution >= 4 is 31.9 Å². The number of nitrogens with zero attached hydrogens (tertiary/aromatic N) is 3. The van der Waals surface area contributed by atoms with Crippen LogP contribution in [0.4, 0.5) is 0 Å². The quantitative estimate of drug-likeness (QED) is 0.808. The maximum absolute atomic E-state index is 12.5. The molecule has 1 aliphatic heterocycles. The third-order valence-electron chi connectivity index (χ3n) is 3.29. The van der Waals surface area contributed by atoms with E-state index in [0.717, 1.165) is 0 Å². The molecular weight excluding hydrogens is 362 g/mol. The molecule has 0 radical (unpaired) electrons. The molecule has 1 aromatic rings. The zero-order chi connectivity index (χ0) is 15.5. The maximum atomic E-state index is 12.5. The van der Waals surface area contributed by atoms with Crippen molar-refractivity contribution in [1.29, 1.82) is 0 Å². The van der Waals surface area contributed by atoms with Gasteiger partial charge in [-0.25, -0.2) is 8.42 Å². The Labute approximate surface area is 131 Å². The van der Waals surface area contributed by atoms with Crippen LogP contribution in [0.3, 0.4) is 0 Å². The zero-order valence-corrected chi connectivity index (χ0v) is 13.7. The summed E-state index contributed by atoms with van der Waals surface area (Å²) in [6.45, 7) is 2.23. The molecule has 0 atom stereocenters. The van der Waals surface area contributed by atoms with Crippen LogP contribution in [0.15, 0.2) is 27.8 Å². The van der Waals surface area contributed by atoms with Gasteiger partial charge in [0.1, 0.15) is 4.90 Å². The molecule has 7 nitrogen and oxygen atoms in total. The van der Waals surface area contributed by atoms with Crippen LogP contribution in [0.1, 0.15) is 6.42 Å². The van der Waals surface area contributed by atoms with E-state index in [1.165, 1.54) is 22.8 Å². The van der Waals surface area contributed by atoms with Crippen LogP contribution >= 0.6 is 15.9 Å². The highest BCUT2D eigenvalue weighted by Gasteiger charge is 2.28. The average molecular weight is 378 g/mol. The topological polar surface area (TPSA) is 90.8 Å². The number of rotatable bonds is 5. The Kier molecular flexibility index (Phi) is 5.31. The molecule has 1 aliphatic rings. The van der Waals surface area contributed by atoms with Gasteiger partial charge in [0.15, 0.2) is 0 Å². The summed E-state index contributed by atoms with van der Waals surface area (Å²) in [7, 11) is -3.54. The summed E-state index contributed by atoms with van der Waals surface area (Å²) < 4.78 is 27.0. The lowest BCUT2D eigenvalue weighted by molar-refractivity contribution is -0.137. The first-order valence-corrected chi connectivity index (χ1v) is 8.68. The molecule has 0 saturated carbocycles. The van der Waals surface area contributed by atoms with Gasteiger partial charge in [-0.1, -0.05) is 0 Å². The van der Waals surface area contributed by atoms with E-state index < -0.39 is 16.0 Å². The largest absolute Gasteiger partial charge is 0.481 e. The van der Waals surface area contributed by atoms with Gasteiger partial charge in [-0.05, 0) is 22.0 Å². The number of carbonyl (C=O) groups is 1. The second kappa shape index (κ2) is 6.82. The standard InChI is InChI=1S/C12H16BrN3O4S/c13-10-7-11(9-14-8-10)21(19,20)16-5-3-15(4-6-16)2-1-12(17)18/h7-9H,1-6H2,(H,17,18). The van der Waals surface area contributed by atoms with Gasteiger partial charge in [-0.3, -0.25) is 9.78 Å². The summed E-state index contributed by atoms with van der Waals surface area (Å²) in [5, 5.41) is 8.66. The minimum Gasteiger partial charge on any atom is -0.481 e. The lowest BCUT2D eigenvalue weighted by Gasteiger charge is -2.33. The number of hydrogen-bond acceptors (Lipinski definition) is 5. The molecule has 1 N–H and O–H groups in total. The van der Waals surface area contributed by atoms with Crippen molar-refractivity contribution in [3.05, 3.63) is 22.9 Å². The zero-order valence-electron chi connectivity index (χ0n) is 11.3. The van der Waals surface area contributed by atoms with E-state index in [-0.39, 0.29) is 11.3 Å². The Balaban J connectivity index is 1.99. The van der Waals surface area contributed by atoms with Crippen LogP contribution in [0, 0.1) is 0 Å². The van der Waals surface area contributed by atoms with Crippen LogP contribution in [-0.2, 0) is 14.8 Å². The van der Waals surface area contributed by atoms with Crippen molar-refractivity contribution in [1.82, 2.24) is 14.2 Å². The molecule has 9 heteroatoms. The molecule has 116 valence electrons. The lowest BCUT2D eigenvalue weighted by atomic mass is 10.3. The van der Waals surface area contributed by atoms with Gasteiger partial charge in [0.05, 0.1) is 6.42 Å². The highest BCUT2D eigenvalue weighted by atomic mass is 79.9. The highest BCUT2D eigenvalue weighted by molar-refractivity contribution is 9.10. The summed E-state index contributed by atoms with van der Waals surface area (Å²) in [6, 6.07) is 1.53. The maximum Gasteiger partial charge on any atom is 0.304 e. The smallest absolute Gasteiger partial charge is 0.304 e. The van der Waals surface area contributed by atoms with Crippen LogP contribution in [0.25, 0.3) is 0 Å². The molecule has 2 rings (SSSR count). The summed E-state index contributed by atoms with van der Waals surface area (Å²) in [5.74, 6) is -0.842. The van der Waals surface area contributed by atoms with Crippen LogP contribution in [0.5, 0.6) is 0 Å². The van der Waals surface area contributed by atoms with Crippen molar-refractivity contribution < 1.29 is 18.3 Å². The van der Waals surface area contributed by atoms with E-state index in [9.17, 15) is 13.2 Å². The molecule has 0 unspecified atom stereocenters. The predicted molar refractivity (Wildman–Crippen MR) is 79.4 cm³/mol. The average Bonchev–Trinajstić information content (AvgIpc) is 2.45. The van der Waals surface area contributed by atoms with Gasteiger partial charge in [-0.2, -0.15) is 4.31 Å². The normalized spacial score (nSPS) is 17.8. The van der Waals surface area contributed by atoms with Gasteiger partial charge in [0, 0.05) is 49.6 Å². The number of aliphatic carboxylic acids is 1. The molecule has 21 heavy (non-hydrogen) atoms. The van der Waals surface area contributed by atoms with E-state index in [1.54, 1.807) is 0 Å². The minimum absolute atomic E-state index is 0.0717. The lowest BCUT2D eigenvalue weighted by Crippen LogP contribution is -2.48. The van der Waals surface area contributed by atoms with Gasteiger partial charge >= 0.3 is 5.97 Å². The SMILES string of the molecule is O=C(O)CCN1CCN(S(=O)(=O)c2cncc(Br)c2)CC1. The fourth-order valence-corrected chi connectivity index (χ4v) is 4.06. The van der Waals surface area contributed by atoms with Gasteiger partial charge < -0.3 is 10.0 Å². The second-order valence-electron chi connectivity index (χ2n) is 4.73. The number of carboxylic acid groups (broad SMARTS) is 1. The van der Waals surface area contributed by atoms with E-state index >= 15 is 0 Å². The van der Waals surface area contributed by atoms with Gasteiger partial charge in [0.2, 0.25) is 10.0 Å². The van der Waals surface area contributed by atoms with Gasteiger partial charge in [0.25, 0.3) is 0 Å². The number of piperazine rings is 1. The number of sulfonamides is 1. The third-order valence-corrected chi connectivity index (χ3v) is 5.59. The van der Waals surface area contributed by atoms with E-state index in [0.29, 0.717) is 37.2 Å². The summed E-state index contributed by atoms with van der Waals surface area (Å²) >= 11 is 3.21. The van der Waals surface area contributed by atoms with Crippen molar-refractivity contribution in [3.63, 3.8) is 0 Å². The Morgan fingerprint density at radius 1 is 1.29 bits per heavy atom. The fourth-order valence-electron chi connectivity index (χ4n) is 2.13. The van der Waals surface area contributed by atoms with Gasteiger partial charge in [-0.15, -0.1) is 0 Å². The predicted octanol–water partition coefficient (Wildman–Crippen LogP) is 0.625. The molecule has 1 aromatic heterocycles. The molecule has 0 aliphatic carbocycles. The van der Waals surface area contributed by atoms with Crippen molar-refractivity contribution in [2.45, 2.75) is 11.3 Å². The molecular formula is C12H16BrN3O4S. The molecule has 0 aromatic carbocycles. The first-order valence-electron chi connectivity index (χ1n) is 6.44. The Morgan fingerprint density at radius 2 is 1.95 bits per heavy atom. The Morgan fingerprint density at radius 3 is 2.52 bits per heavy atom. The number of halogens is 1. The Bertz CT molecular complexity index is 615. The van der Waals surface area contributed by atoms with Crippen LogP contribution in [-0.4, -0.2) is 66.4 Å². The first-order chi connectivity index (χ1) is 9.89. The number of aromatic nitrogens is 1. The second-order valence-corrected chi connectivity index (χ2v) is 7.58. The Hall–Kier alpha value is -1.03. The van der Waals surface area contributed by atoms with E-state index in [1.807, 2.05) is 4.90 Å². The molecule has 1 fully saturated rings. The highest BCUT2D eigenvalue weighted by Crippen LogP contribution is 2.20. The molecule has 0 spiro atoms. The summed E-state index contributed by atoms with van der Waals surface area (Å²) in [4.78, 5) is 16.5. The van der Waals surface area contributed by atoms with Crippen molar-refractivity contribution in [2.24, 2.45) is 0 Å². The third kappa shape index (κ3) is 4.22. The van der Waals surface area contributed by atoms with Crippen LogP contribution < -0.4 is 0 Å². The van der Waals surface area contributed by atoms with Crippen molar-refractivity contribution in [2.75, 3.05) is 32.7 Å². The molecule has 0 amide bonds. The number of carboxylic acids is 1. The van der Waals surface area contributed by atoms with E-state index in [4.69, 9.17) is 5.11 Å². The summed E-state index contributed by atoms with van der Waals surface area (Å²) in [6.07, 6.45) is 2.93.